The number of aliphatic carboxylic acids is 1. The topological polar surface area (TPSA) is 95.5 Å². The molecule has 0 bridgehead atoms. The third-order valence-corrected chi connectivity index (χ3v) is 5.11. The summed E-state index contributed by atoms with van der Waals surface area (Å²) in [5.74, 6) is -0.945. The smallest absolute Gasteiger partial charge is 0.329 e. The monoisotopic (exact) mass is 298 g/mol. The number of sulfonamides is 1. The molecule has 1 fully saturated rings. The van der Waals surface area contributed by atoms with Crippen molar-refractivity contribution in [1.82, 2.24) is 4.72 Å². The first-order valence-corrected chi connectivity index (χ1v) is 8.00. The van der Waals surface area contributed by atoms with E-state index in [1.165, 1.54) is 6.07 Å². The molecule has 0 aromatic heterocycles. The molecule has 3 N–H and O–H groups in total. The SMILES string of the molecule is CCNS(=O)(=O)c1ccccc1NC1(C(=O)O)CCC1. The number of nitrogens with one attached hydrogen (secondary N) is 2. The fourth-order valence-corrected chi connectivity index (χ4v) is 3.45. The van der Waals surface area contributed by atoms with Gasteiger partial charge in [0, 0.05) is 6.54 Å². The third kappa shape index (κ3) is 2.64. The standard InChI is InChI=1S/C13H18N2O4S/c1-2-14-20(18,19)11-7-4-3-6-10(11)15-13(12(16)17)8-5-9-13/h3-4,6-7,14-15H,2,5,8-9H2,1H3,(H,16,17). The van der Waals surface area contributed by atoms with E-state index < -0.39 is 21.5 Å². The first kappa shape index (κ1) is 14.8. The second kappa shape index (κ2) is 5.41. The van der Waals surface area contributed by atoms with Crippen molar-refractivity contribution in [2.45, 2.75) is 36.6 Å². The zero-order chi connectivity index (χ0) is 14.8. The minimum absolute atomic E-state index is 0.0781. The molecule has 1 aromatic carbocycles. The van der Waals surface area contributed by atoms with Gasteiger partial charge in [-0.3, -0.25) is 0 Å². The lowest BCUT2D eigenvalue weighted by Gasteiger charge is -2.39. The highest BCUT2D eigenvalue weighted by atomic mass is 32.2. The Morgan fingerprint density at radius 1 is 1.35 bits per heavy atom. The van der Waals surface area contributed by atoms with Crippen LogP contribution in [0.4, 0.5) is 5.69 Å². The molecule has 0 amide bonds. The van der Waals surface area contributed by atoms with Gasteiger partial charge in [-0.2, -0.15) is 0 Å². The van der Waals surface area contributed by atoms with Gasteiger partial charge in [0.15, 0.2) is 0 Å². The molecule has 0 heterocycles. The highest BCUT2D eigenvalue weighted by Crippen LogP contribution is 2.37. The highest BCUT2D eigenvalue weighted by molar-refractivity contribution is 7.89. The van der Waals surface area contributed by atoms with Gasteiger partial charge in [0.05, 0.1) is 5.69 Å². The molecule has 110 valence electrons. The quantitative estimate of drug-likeness (QED) is 0.738. The van der Waals surface area contributed by atoms with E-state index in [4.69, 9.17) is 0 Å². The van der Waals surface area contributed by atoms with Gasteiger partial charge >= 0.3 is 5.97 Å². The van der Waals surface area contributed by atoms with E-state index in [1.54, 1.807) is 25.1 Å². The summed E-state index contributed by atoms with van der Waals surface area (Å²) in [6.45, 7) is 1.97. The number of para-hydroxylation sites is 1. The van der Waals surface area contributed by atoms with Crippen LogP contribution in [0.3, 0.4) is 0 Å². The van der Waals surface area contributed by atoms with Gasteiger partial charge in [0.1, 0.15) is 10.4 Å². The Morgan fingerprint density at radius 3 is 2.50 bits per heavy atom. The Morgan fingerprint density at radius 2 is 2.00 bits per heavy atom. The maximum atomic E-state index is 12.1. The first-order valence-electron chi connectivity index (χ1n) is 6.51. The summed E-state index contributed by atoms with van der Waals surface area (Å²) < 4.78 is 26.6. The molecule has 1 aromatic rings. The minimum atomic E-state index is -3.63. The number of hydrogen-bond acceptors (Lipinski definition) is 4. The molecule has 0 radical (unpaired) electrons. The lowest BCUT2D eigenvalue weighted by Crippen LogP contribution is -2.52. The van der Waals surface area contributed by atoms with Crippen LogP contribution in [0.1, 0.15) is 26.2 Å². The van der Waals surface area contributed by atoms with Crippen LogP contribution in [-0.2, 0) is 14.8 Å². The molecule has 1 aliphatic rings. The number of benzene rings is 1. The summed E-state index contributed by atoms with van der Waals surface area (Å²) in [6, 6.07) is 6.35. The zero-order valence-electron chi connectivity index (χ0n) is 11.2. The maximum absolute atomic E-state index is 12.1. The van der Waals surface area contributed by atoms with Crippen molar-refractivity contribution in [3.63, 3.8) is 0 Å². The Balaban J connectivity index is 2.36. The fourth-order valence-electron chi connectivity index (χ4n) is 2.25. The van der Waals surface area contributed by atoms with E-state index in [0.717, 1.165) is 6.42 Å². The molecular formula is C13H18N2O4S. The van der Waals surface area contributed by atoms with Crippen LogP contribution in [0.2, 0.25) is 0 Å². The molecule has 0 aliphatic heterocycles. The van der Waals surface area contributed by atoms with Gasteiger partial charge in [0.25, 0.3) is 0 Å². The van der Waals surface area contributed by atoms with Crippen molar-refractivity contribution in [2.75, 3.05) is 11.9 Å². The summed E-state index contributed by atoms with van der Waals surface area (Å²) in [4.78, 5) is 11.4. The van der Waals surface area contributed by atoms with Crippen LogP contribution < -0.4 is 10.0 Å². The summed E-state index contributed by atoms with van der Waals surface area (Å²) in [7, 11) is -3.63. The second-order valence-electron chi connectivity index (χ2n) is 4.86. The van der Waals surface area contributed by atoms with Gasteiger partial charge in [0.2, 0.25) is 10.0 Å². The molecule has 1 saturated carbocycles. The lowest BCUT2D eigenvalue weighted by molar-refractivity contribution is -0.145. The van der Waals surface area contributed by atoms with Crippen LogP contribution in [-0.4, -0.2) is 31.6 Å². The molecule has 0 atom stereocenters. The first-order chi connectivity index (χ1) is 9.41. The predicted octanol–water partition coefficient (Wildman–Crippen LogP) is 1.40. The number of anilines is 1. The molecule has 7 heteroatoms. The Kier molecular flexibility index (Phi) is 4.01. The number of rotatable bonds is 6. The van der Waals surface area contributed by atoms with E-state index in [9.17, 15) is 18.3 Å². The van der Waals surface area contributed by atoms with Crippen LogP contribution in [0.25, 0.3) is 0 Å². The molecule has 0 unspecified atom stereocenters. The Bertz CT molecular complexity index is 609. The number of carboxylic acid groups (broad SMARTS) is 1. The minimum Gasteiger partial charge on any atom is -0.480 e. The maximum Gasteiger partial charge on any atom is 0.329 e. The van der Waals surface area contributed by atoms with Crippen molar-refractivity contribution in [2.24, 2.45) is 0 Å². The Labute approximate surface area is 118 Å². The lowest BCUT2D eigenvalue weighted by atomic mass is 9.76. The van der Waals surface area contributed by atoms with E-state index in [0.29, 0.717) is 18.5 Å². The molecule has 6 nitrogen and oxygen atoms in total. The van der Waals surface area contributed by atoms with E-state index in [2.05, 4.69) is 10.0 Å². The van der Waals surface area contributed by atoms with E-state index in [1.807, 2.05) is 0 Å². The average Bonchev–Trinajstić information content (AvgIpc) is 2.33. The largest absolute Gasteiger partial charge is 0.480 e. The molecule has 0 saturated heterocycles. The van der Waals surface area contributed by atoms with Crippen molar-refractivity contribution >= 4 is 21.7 Å². The van der Waals surface area contributed by atoms with Gasteiger partial charge in [-0.15, -0.1) is 0 Å². The fraction of sp³-hybridized carbons (Fsp3) is 0.462. The number of carboxylic acids is 1. The average molecular weight is 298 g/mol. The summed E-state index contributed by atoms with van der Waals surface area (Å²) in [5.41, 5.74) is -0.715. The summed E-state index contributed by atoms with van der Waals surface area (Å²) in [6.07, 6.45) is 1.82. The molecule has 20 heavy (non-hydrogen) atoms. The number of hydrogen-bond donors (Lipinski definition) is 3. The van der Waals surface area contributed by atoms with Gasteiger partial charge in [-0.05, 0) is 31.4 Å². The molecule has 1 aliphatic carbocycles. The molecular weight excluding hydrogens is 280 g/mol. The Hall–Kier alpha value is -1.60. The third-order valence-electron chi connectivity index (χ3n) is 3.50. The van der Waals surface area contributed by atoms with E-state index >= 15 is 0 Å². The van der Waals surface area contributed by atoms with Gasteiger partial charge in [-0.1, -0.05) is 19.1 Å². The van der Waals surface area contributed by atoms with Crippen LogP contribution in [0, 0.1) is 0 Å². The van der Waals surface area contributed by atoms with Crippen molar-refractivity contribution in [1.29, 1.82) is 0 Å². The second-order valence-corrected chi connectivity index (χ2v) is 6.60. The van der Waals surface area contributed by atoms with Crippen molar-refractivity contribution in [3.8, 4) is 0 Å². The normalized spacial score (nSPS) is 17.2. The van der Waals surface area contributed by atoms with Crippen molar-refractivity contribution in [3.05, 3.63) is 24.3 Å². The van der Waals surface area contributed by atoms with Gasteiger partial charge < -0.3 is 10.4 Å². The van der Waals surface area contributed by atoms with Crippen LogP contribution in [0.15, 0.2) is 29.2 Å². The predicted molar refractivity (Wildman–Crippen MR) is 75.1 cm³/mol. The zero-order valence-corrected chi connectivity index (χ0v) is 12.0. The number of carbonyl (C=O) groups is 1. The summed E-state index contributed by atoms with van der Waals surface area (Å²) >= 11 is 0. The van der Waals surface area contributed by atoms with Gasteiger partial charge in [-0.25, -0.2) is 17.9 Å². The summed E-state index contributed by atoms with van der Waals surface area (Å²) in [5, 5.41) is 12.2. The highest BCUT2D eigenvalue weighted by Gasteiger charge is 2.45. The van der Waals surface area contributed by atoms with Crippen LogP contribution >= 0.6 is 0 Å². The van der Waals surface area contributed by atoms with Crippen LogP contribution in [0.5, 0.6) is 0 Å². The molecule has 2 rings (SSSR count). The van der Waals surface area contributed by atoms with Crippen molar-refractivity contribution < 1.29 is 18.3 Å². The van der Waals surface area contributed by atoms with E-state index in [-0.39, 0.29) is 11.4 Å². The molecule has 0 spiro atoms.